The molecule has 1 aromatic carbocycles. The summed E-state index contributed by atoms with van der Waals surface area (Å²) in [4.78, 5) is 43.7. The van der Waals surface area contributed by atoms with Crippen LogP contribution in [0, 0.1) is 22.7 Å². The number of rotatable bonds is 7. The van der Waals surface area contributed by atoms with Gasteiger partial charge in [0.25, 0.3) is 0 Å². The number of hydrogen-bond donors (Lipinski definition) is 4. The van der Waals surface area contributed by atoms with E-state index < -0.39 is 34.4 Å². The largest absolute Gasteiger partial charge is 0.506 e. The first-order valence-electron chi connectivity index (χ1n) is 13.1. The number of benzene rings is 1. The van der Waals surface area contributed by atoms with E-state index in [1.165, 1.54) is 11.8 Å². The molecular weight excluding hydrogens is 520 g/mol. The lowest BCUT2D eigenvalue weighted by atomic mass is 9.51. The predicted octanol–water partition coefficient (Wildman–Crippen LogP) is 4.75. The van der Waals surface area contributed by atoms with E-state index >= 15 is 0 Å². The minimum absolute atomic E-state index is 0.0392. The van der Waals surface area contributed by atoms with Crippen molar-refractivity contribution in [2.24, 2.45) is 22.7 Å². The van der Waals surface area contributed by atoms with E-state index in [-0.39, 0.29) is 47.4 Å². The maximum absolute atomic E-state index is 14.2. The van der Waals surface area contributed by atoms with Crippen molar-refractivity contribution in [3.63, 3.8) is 0 Å². The third kappa shape index (κ3) is 3.95. The van der Waals surface area contributed by atoms with Gasteiger partial charge in [-0.05, 0) is 68.2 Å². The third-order valence-corrected chi connectivity index (χ3v) is 10.3. The topological polar surface area (TPSA) is 146 Å². The van der Waals surface area contributed by atoms with Gasteiger partial charge in [-0.25, -0.2) is 9.78 Å². The zero-order valence-electron chi connectivity index (χ0n) is 21.6. The molecule has 39 heavy (non-hydrogen) atoms. The molecule has 204 valence electrons. The van der Waals surface area contributed by atoms with Crippen LogP contribution in [0.4, 0.5) is 5.69 Å². The van der Waals surface area contributed by atoms with Crippen LogP contribution in [0.2, 0.25) is 0 Å². The van der Waals surface area contributed by atoms with Gasteiger partial charge in [0.05, 0.1) is 16.6 Å². The van der Waals surface area contributed by atoms with Crippen LogP contribution in [0.1, 0.15) is 56.3 Å². The molecule has 7 rings (SSSR count). The summed E-state index contributed by atoms with van der Waals surface area (Å²) in [5, 5.41) is 32.9. The zero-order valence-corrected chi connectivity index (χ0v) is 22.5. The first-order chi connectivity index (χ1) is 18.5. The number of aromatic carboxylic acids is 1. The summed E-state index contributed by atoms with van der Waals surface area (Å²) in [7, 11) is 0. The Kier molecular flexibility index (Phi) is 5.86. The van der Waals surface area contributed by atoms with Gasteiger partial charge in [-0.3, -0.25) is 9.59 Å². The molecule has 1 spiro atoms. The molecular formula is C29H30N2O7S. The number of carboxylic acid groups (broad SMARTS) is 1. The fourth-order valence-electron chi connectivity index (χ4n) is 7.81. The lowest BCUT2D eigenvalue weighted by molar-refractivity contribution is -0.169. The number of carbonyl (C=O) groups excluding carboxylic acids is 2. The Balaban J connectivity index is 1.29. The van der Waals surface area contributed by atoms with E-state index in [0.29, 0.717) is 10.8 Å². The van der Waals surface area contributed by atoms with Gasteiger partial charge in [-0.2, -0.15) is 0 Å². The number of nitrogens with zero attached hydrogens (tertiary/aromatic N) is 1. The number of ether oxygens (including phenoxy) is 1. The van der Waals surface area contributed by atoms with Gasteiger partial charge >= 0.3 is 5.97 Å². The third-order valence-electron chi connectivity index (χ3n) is 9.32. The minimum Gasteiger partial charge on any atom is -0.506 e. The molecule has 4 bridgehead atoms. The standard InChI is InChI=1S/C29H30N2O7S/c1-27(9-8-20(33)31-22-17(32)7-6-16(23(22)34)26(36)37)24-18-11-15-12-29(24,14-28(15,2)38-18)13-19(25(27)35)39-21-5-3-4-10-30-21/h3-7,10,13,15,18,24,32,34H,8-9,11-12,14H2,1-2H3,(H,31,33)(H,36,37)/t15-,18+,24+,27+,28+,29-/m1/s1. The monoisotopic (exact) mass is 550 g/mol. The van der Waals surface area contributed by atoms with Crippen LogP contribution >= 0.6 is 11.8 Å². The van der Waals surface area contributed by atoms with Crippen LogP contribution in [0.25, 0.3) is 0 Å². The molecule has 2 aliphatic heterocycles. The summed E-state index contributed by atoms with van der Waals surface area (Å²) >= 11 is 1.36. The van der Waals surface area contributed by atoms with E-state index in [9.17, 15) is 29.7 Å². The molecule has 2 aromatic rings. The van der Waals surface area contributed by atoms with Gasteiger partial charge in [0.15, 0.2) is 11.5 Å². The summed E-state index contributed by atoms with van der Waals surface area (Å²) < 4.78 is 6.55. The molecule has 2 saturated heterocycles. The second kappa shape index (κ2) is 8.82. The number of ketones is 1. The summed E-state index contributed by atoms with van der Waals surface area (Å²) in [6.07, 6.45) is 6.62. The number of thioether (sulfide) groups is 1. The SMILES string of the molecule is C[C@]12C[C@@]34C=C(Sc5ccccn5)C(=O)[C@@](C)(CCC(=O)Nc5c(O)ccc(C(=O)O)c5O)[C@@H]3[C@H](C[C@@H]1C4)O2. The summed E-state index contributed by atoms with van der Waals surface area (Å²) in [5.74, 6) is -2.79. The molecule has 5 aliphatic rings. The average molecular weight is 551 g/mol. The zero-order chi connectivity index (χ0) is 27.7. The van der Waals surface area contributed by atoms with Gasteiger partial charge in [-0.15, -0.1) is 0 Å². The van der Waals surface area contributed by atoms with Crippen molar-refractivity contribution in [3.05, 3.63) is 53.1 Å². The van der Waals surface area contributed by atoms with Crippen molar-refractivity contribution in [1.82, 2.24) is 4.98 Å². The molecule has 4 fully saturated rings. The fraction of sp³-hybridized carbons (Fsp3) is 0.448. The van der Waals surface area contributed by atoms with Gasteiger partial charge in [0.2, 0.25) is 5.91 Å². The smallest absolute Gasteiger partial charge is 0.339 e. The highest BCUT2D eigenvalue weighted by Gasteiger charge is 2.72. The number of aromatic nitrogens is 1. The van der Waals surface area contributed by atoms with Crippen LogP contribution in [0.15, 0.2) is 52.5 Å². The van der Waals surface area contributed by atoms with Gasteiger partial charge < -0.3 is 25.4 Å². The van der Waals surface area contributed by atoms with E-state index in [1.54, 1.807) is 6.20 Å². The predicted molar refractivity (Wildman–Crippen MR) is 142 cm³/mol. The molecule has 0 unspecified atom stereocenters. The molecule has 4 N–H and O–H groups in total. The quantitative estimate of drug-likeness (QED) is 0.359. The van der Waals surface area contributed by atoms with Crippen LogP contribution in [-0.2, 0) is 14.3 Å². The van der Waals surface area contributed by atoms with Crippen molar-refractivity contribution in [2.75, 3.05) is 5.32 Å². The van der Waals surface area contributed by atoms with E-state index in [4.69, 9.17) is 4.74 Å². The van der Waals surface area contributed by atoms with E-state index in [0.717, 1.165) is 36.4 Å². The van der Waals surface area contributed by atoms with Crippen LogP contribution < -0.4 is 5.32 Å². The van der Waals surface area contributed by atoms with Gasteiger partial charge in [0, 0.05) is 24.0 Å². The second-order valence-electron chi connectivity index (χ2n) is 11.7. The number of carboxylic acids is 1. The summed E-state index contributed by atoms with van der Waals surface area (Å²) in [5.41, 5.74) is -2.11. The number of phenols is 2. The number of allylic oxidation sites excluding steroid dienone is 2. The molecule has 1 amide bonds. The minimum atomic E-state index is -1.39. The number of Topliss-reactive ketones (excluding diaryl/α,β-unsaturated/α-hetero) is 1. The molecule has 6 atom stereocenters. The maximum atomic E-state index is 14.2. The number of hydrogen-bond acceptors (Lipinski definition) is 8. The number of aromatic hydroxyl groups is 2. The average Bonchev–Trinajstić information content (AvgIpc) is 3.25. The van der Waals surface area contributed by atoms with Crippen molar-refractivity contribution < 1.29 is 34.4 Å². The Morgan fingerprint density at radius 1 is 1.21 bits per heavy atom. The Morgan fingerprint density at radius 3 is 2.69 bits per heavy atom. The fourth-order valence-corrected chi connectivity index (χ4v) is 8.92. The van der Waals surface area contributed by atoms with Crippen LogP contribution in [-0.4, -0.2) is 49.7 Å². The van der Waals surface area contributed by atoms with Crippen molar-refractivity contribution in [3.8, 4) is 11.5 Å². The Bertz CT molecular complexity index is 1430. The molecule has 3 aliphatic carbocycles. The highest BCUT2D eigenvalue weighted by Crippen LogP contribution is 2.72. The molecule has 9 nitrogen and oxygen atoms in total. The highest BCUT2D eigenvalue weighted by molar-refractivity contribution is 8.04. The Hall–Kier alpha value is -3.37. The molecule has 10 heteroatoms. The van der Waals surface area contributed by atoms with Gasteiger partial charge in [0.1, 0.15) is 22.0 Å². The first kappa shape index (κ1) is 25.9. The van der Waals surface area contributed by atoms with E-state index in [2.05, 4.69) is 23.3 Å². The Labute approximate surface area is 229 Å². The summed E-state index contributed by atoms with van der Waals surface area (Å²) in [6, 6.07) is 7.74. The molecule has 0 radical (unpaired) electrons. The normalized spacial score (nSPS) is 34.1. The number of nitrogens with one attached hydrogen (secondary N) is 1. The van der Waals surface area contributed by atoms with E-state index in [1.807, 2.05) is 25.1 Å². The van der Waals surface area contributed by atoms with Crippen molar-refractivity contribution in [1.29, 1.82) is 0 Å². The Morgan fingerprint density at radius 2 is 2.00 bits per heavy atom. The van der Waals surface area contributed by atoms with Crippen molar-refractivity contribution >= 4 is 35.1 Å². The van der Waals surface area contributed by atoms with Crippen LogP contribution in [0.3, 0.4) is 0 Å². The number of phenolic OH excluding ortho intramolecular Hbond substituents is 1. The van der Waals surface area contributed by atoms with Gasteiger partial charge in [-0.1, -0.05) is 30.8 Å². The highest BCUT2D eigenvalue weighted by atomic mass is 32.2. The molecule has 2 saturated carbocycles. The summed E-state index contributed by atoms with van der Waals surface area (Å²) in [6.45, 7) is 4.10. The number of anilines is 1. The lowest BCUT2D eigenvalue weighted by Gasteiger charge is -2.56. The number of pyridine rings is 1. The second-order valence-corrected chi connectivity index (χ2v) is 12.8. The van der Waals surface area contributed by atoms with Crippen LogP contribution in [0.5, 0.6) is 11.5 Å². The van der Waals surface area contributed by atoms with Crippen molar-refractivity contribution in [2.45, 2.75) is 62.7 Å². The molecule has 1 aromatic heterocycles. The first-order valence-corrected chi connectivity index (χ1v) is 13.9. The number of amides is 1. The lowest BCUT2D eigenvalue weighted by Crippen LogP contribution is -2.57. The maximum Gasteiger partial charge on any atom is 0.339 e. The molecule has 3 heterocycles. The number of carbonyl (C=O) groups is 3.